The molecular weight excluding hydrogens is 810 g/mol. The third-order valence-electron chi connectivity index (χ3n) is 9.36. The van der Waals surface area contributed by atoms with E-state index in [4.69, 9.17) is 4.74 Å². The number of carbonyl (C=O) groups excluding carboxylic acids is 1. The van der Waals surface area contributed by atoms with Crippen molar-refractivity contribution in [1.29, 1.82) is 0 Å². The maximum absolute atomic E-state index is 14.0. The van der Waals surface area contributed by atoms with Crippen LogP contribution in [0.2, 0.25) is 0 Å². The van der Waals surface area contributed by atoms with Gasteiger partial charge < -0.3 is 28.8 Å². The lowest BCUT2D eigenvalue weighted by Crippen LogP contribution is -2.51. The number of hydrogen-bond donors (Lipinski definition) is 2. The highest BCUT2D eigenvalue weighted by Crippen LogP contribution is 2.47. The van der Waals surface area contributed by atoms with Crippen LogP contribution in [-0.4, -0.2) is 66.7 Å². The fourth-order valence-electron chi connectivity index (χ4n) is 6.62. The molecule has 4 aromatic carbocycles. The van der Waals surface area contributed by atoms with Gasteiger partial charge in [-0.05, 0) is 37.1 Å². The summed E-state index contributed by atoms with van der Waals surface area (Å²) < 4.78 is 95.7. The third-order valence-corrected chi connectivity index (χ3v) is 9.36. The van der Waals surface area contributed by atoms with Gasteiger partial charge in [0, 0.05) is 78.3 Å². The highest BCUT2D eigenvalue weighted by Gasteiger charge is 2.65. The molecule has 0 aliphatic carbocycles. The molecule has 0 saturated carbocycles. The Labute approximate surface area is 335 Å². The van der Waals surface area contributed by atoms with Crippen LogP contribution in [-0.2, 0) is 43.4 Å². The number of aliphatic carboxylic acids is 1. The fraction of sp³-hybridized carbons (Fsp3) is 0.250. The van der Waals surface area contributed by atoms with Crippen molar-refractivity contribution in [3.8, 4) is 0 Å². The van der Waals surface area contributed by atoms with E-state index in [1.165, 1.54) is 23.0 Å². The van der Waals surface area contributed by atoms with Gasteiger partial charge in [-0.15, -0.1) is 0 Å². The van der Waals surface area contributed by atoms with E-state index in [0.29, 0.717) is 5.56 Å². The van der Waals surface area contributed by atoms with Crippen LogP contribution in [0.1, 0.15) is 36.1 Å². The number of rotatable bonds is 13. The van der Waals surface area contributed by atoms with Gasteiger partial charge in [-0.25, -0.2) is 9.59 Å². The molecule has 2 aromatic heterocycles. The van der Waals surface area contributed by atoms with Gasteiger partial charge in [0.1, 0.15) is 0 Å². The fourth-order valence-corrected chi connectivity index (χ4v) is 6.62. The smallest absolute Gasteiger partial charge is 0.432 e. The van der Waals surface area contributed by atoms with Crippen molar-refractivity contribution in [2.75, 3.05) is 13.2 Å². The van der Waals surface area contributed by atoms with E-state index in [1.807, 2.05) is 0 Å². The second-order valence-electron chi connectivity index (χ2n) is 13.1. The molecule has 0 saturated heterocycles. The first-order valence-electron chi connectivity index (χ1n) is 17.7. The minimum Gasteiger partial charge on any atom is -0.479 e. The van der Waals surface area contributed by atoms with Crippen molar-refractivity contribution in [2.45, 2.75) is 50.5 Å². The average molecular weight is 845 g/mol. The number of nitro benzene ring substituents is 2. The van der Waals surface area contributed by atoms with Crippen molar-refractivity contribution in [2.24, 2.45) is 0 Å². The van der Waals surface area contributed by atoms with E-state index >= 15 is 0 Å². The Morgan fingerprint density at radius 1 is 0.667 bits per heavy atom. The Balaban J connectivity index is 0.000000228. The van der Waals surface area contributed by atoms with Crippen LogP contribution < -0.4 is 0 Å². The summed E-state index contributed by atoms with van der Waals surface area (Å²) in [6.45, 7) is 1.84. The van der Waals surface area contributed by atoms with Crippen molar-refractivity contribution in [3.63, 3.8) is 0 Å². The van der Waals surface area contributed by atoms with E-state index in [9.17, 15) is 66.4 Å². The number of carboxylic acids is 1. The molecule has 14 nitrogen and oxygen atoms in total. The van der Waals surface area contributed by atoms with Crippen LogP contribution in [0.4, 0.5) is 37.7 Å². The molecule has 0 aliphatic heterocycles. The number of carboxylic acid groups (broad SMARTS) is 1. The molecule has 2 atom stereocenters. The van der Waals surface area contributed by atoms with Gasteiger partial charge in [0.2, 0.25) is 0 Å². The number of hydrogen-bond acceptors (Lipinski definition) is 9. The third kappa shape index (κ3) is 8.36. The zero-order valence-electron chi connectivity index (χ0n) is 31.4. The summed E-state index contributed by atoms with van der Waals surface area (Å²) in [6, 6.07) is 23.9. The van der Waals surface area contributed by atoms with E-state index in [1.54, 1.807) is 60.7 Å². The van der Waals surface area contributed by atoms with Gasteiger partial charge in [0.15, 0.2) is 0 Å². The lowest BCUT2D eigenvalue weighted by molar-refractivity contribution is -0.384. The van der Waals surface area contributed by atoms with E-state index in [2.05, 4.69) is 4.74 Å². The second-order valence-corrected chi connectivity index (χ2v) is 13.1. The van der Waals surface area contributed by atoms with E-state index in [0.717, 1.165) is 54.4 Å². The molecule has 0 spiro atoms. The van der Waals surface area contributed by atoms with Crippen molar-refractivity contribution in [3.05, 3.63) is 152 Å². The Morgan fingerprint density at radius 3 is 1.47 bits per heavy atom. The molecule has 0 amide bonds. The summed E-state index contributed by atoms with van der Waals surface area (Å²) >= 11 is 0. The molecule has 60 heavy (non-hydrogen) atoms. The standard InChI is InChI=1S/2C20H17F3N2O5/c1-2-30-18(26)19(27,20(21,22)23)16-12-24(11-13-6-4-3-5-7-13)17-10-14(25(28)29)8-9-15(16)17;1-2-30-19(18(26)27,20(21,22)23)16-12-24(11-13-6-4-3-5-7-13)17-10-14(25(28)29)8-9-15(16)17/h3-10,12,27H,2,11H2,1H3;3-10,12H,2,11H2,1H3,(H,26,27). The van der Waals surface area contributed by atoms with Gasteiger partial charge in [-0.1, -0.05) is 60.7 Å². The molecule has 0 fully saturated rings. The van der Waals surface area contributed by atoms with Crippen LogP contribution in [0.5, 0.6) is 0 Å². The Kier molecular flexibility index (Phi) is 12.7. The van der Waals surface area contributed by atoms with Crippen LogP contribution in [0.3, 0.4) is 0 Å². The molecule has 0 aliphatic rings. The molecule has 0 bridgehead atoms. The summed E-state index contributed by atoms with van der Waals surface area (Å²) in [7, 11) is 0. The summed E-state index contributed by atoms with van der Waals surface area (Å²) in [5, 5.41) is 42.2. The molecular formula is C40H34F6N4O10. The number of aromatic nitrogens is 2. The van der Waals surface area contributed by atoms with E-state index < -0.39 is 63.1 Å². The van der Waals surface area contributed by atoms with Crippen LogP contribution in [0.25, 0.3) is 21.8 Å². The number of alkyl halides is 6. The molecule has 0 radical (unpaired) electrons. The topological polar surface area (TPSA) is 189 Å². The van der Waals surface area contributed by atoms with Gasteiger partial charge in [0.25, 0.3) is 22.6 Å². The Hall–Kier alpha value is -6.80. The summed E-state index contributed by atoms with van der Waals surface area (Å²) in [5.74, 6) is -4.08. The summed E-state index contributed by atoms with van der Waals surface area (Å²) in [4.78, 5) is 45.1. The predicted octanol–water partition coefficient (Wildman–Crippen LogP) is 8.39. The number of aliphatic hydroxyl groups is 1. The summed E-state index contributed by atoms with van der Waals surface area (Å²) in [6.07, 6.45) is -8.64. The average Bonchev–Trinajstić information content (AvgIpc) is 3.74. The molecule has 2 N–H and O–H groups in total. The lowest BCUT2D eigenvalue weighted by atomic mass is 9.92. The predicted molar refractivity (Wildman–Crippen MR) is 202 cm³/mol. The van der Waals surface area contributed by atoms with Crippen LogP contribution in [0.15, 0.2) is 109 Å². The van der Waals surface area contributed by atoms with Crippen molar-refractivity contribution >= 4 is 45.1 Å². The number of carbonyl (C=O) groups is 2. The first-order chi connectivity index (χ1) is 28.2. The Morgan fingerprint density at radius 2 is 1.10 bits per heavy atom. The zero-order valence-corrected chi connectivity index (χ0v) is 31.4. The van der Waals surface area contributed by atoms with Gasteiger partial charge in [0.05, 0.1) is 27.5 Å². The molecule has 2 unspecified atom stereocenters. The molecule has 6 aromatic rings. The van der Waals surface area contributed by atoms with E-state index in [-0.39, 0.29) is 52.9 Å². The van der Waals surface area contributed by atoms with Crippen LogP contribution >= 0.6 is 0 Å². The minimum absolute atomic E-state index is 0.0648. The highest BCUT2D eigenvalue weighted by molar-refractivity contribution is 5.94. The minimum atomic E-state index is -5.38. The van der Waals surface area contributed by atoms with Crippen molar-refractivity contribution < 1.29 is 65.5 Å². The highest BCUT2D eigenvalue weighted by atomic mass is 19.4. The van der Waals surface area contributed by atoms with Crippen LogP contribution in [0, 0.1) is 20.2 Å². The lowest BCUT2D eigenvalue weighted by Gasteiger charge is -2.31. The quantitative estimate of drug-likeness (QED) is 0.0494. The zero-order chi connectivity index (χ0) is 44.2. The van der Waals surface area contributed by atoms with Gasteiger partial charge >= 0.3 is 24.3 Å². The monoisotopic (exact) mass is 844 g/mol. The number of esters is 1. The number of nitro groups is 2. The first-order valence-corrected chi connectivity index (χ1v) is 17.7. The maximum Gasteiger partial charge on any atom is 0.432 e. The molecule has 20 heteroatoms. The maximum atomic E-state index is 14.0. The normalized spacial score (nSPS) is 13.8. The largest absolute Gasteiger partial charge is 0.479 e. The van der Waals surface area contributed by atoms with Crippen molar-refractivity contribution in [1.82, 2.24) is 9.13 Å². The number of fused-ring (bicyclic) bond motifs is 2. The first kappa shape index (κ1) is 44.3. The van der Waals surface area contributed by atoms with Gasteiger partial charge in [-0.2, -0.15) is 26.3 Å². The molecule has 6 rings (SSSR count). The number of non-ortho nitro benzene ring substituents is 2. The summed E-state index contributed by atoms with van der Waals surface area (Å²) in [5.41, 5.74) is -8.01. The Bertz CT molecular complexity index is 2540. The molecule has 316 valence electrons. The number of halogens is 6. The SMILES string of the molecule is CCOC(=O)C(O)(c1cn(Cc2ccccc2)c2cc([N+](=O)[O-])ccc12)C(F)(F)F.CCOC(C(=O)O)(c1cn(Cc2ccccc2)c2cc([N+](=O)[O-])ccc12)C(F)(F)F. The number of nitrogens with zero attached hydrogens (tertiary/aromatic N) is 4. The second kappa shape index (κ2) is 17.2. The number of ether oxygens (including phenoxy) is 2. The van der Waals surface area contributed by atoms with Gasteiger partial charge in [-0.3, -0.25) is 20.2 Å². The molecule has 2 heterocycles. The number of benzene rings is 4.